The summed E-state index contributed by atoms with van der Waals surface area (Å²) < 4.78 is 0. The van der Waals surface area contributed by atoms with Crippen molar-refractivity contribution in [2.75, 3.05) is 0 Å². The van der Waals surface area contributed by atoms with Crippen molar-refractivity contribution in [3.63, 3.8) is 0 Å². The average Bonchev–Trinajstić information content (AvgIpc) is 2.86. The first-order valence-corrected chi connectivity index (χ1v) is 8.96. The molecule has 2 heterocycles. The van der Waals surface area contributed by atoms with Crippen molar-refractivity contribution in [1.82, 2.24) is 9.97 Å². The monoisotopic (exact) mass is 312 g/mol. The molecule has 3 aromatic rings. The van der Waals surface area contributed by atoms with Crippen LogP contribution in [-0.4, -0.2) is 9.97 Å². The molecule has 0 fully saturated rings. The minimum Gasteiger partial charge on any atom is -0.226 e. The number of thiophene rings is 1. The lowest BCUT2D eigenvalue weighted by molar-refractivity contribution is 0.699. The maximum atomic E-state index is 4.74. The topological polar surface area (TPSA) is 25.8 Å². The van der Waals surface area contributed by atoms with E-state index in [0.29, 0.717) is 0 Å². The second kappa shape index (κ2) is 5.43. The molecular weight excluding hydrogens is 296 g/mol. The number of aromatic nitrogens is 2. The van der Waals surface area contributed by atoms with Gasteiger partial charge in [0.1, 0.15) is 15.7 Å². The molecule has 1 aliphatic carbocycles. The molecular formula is C17H16N2S2. The van der Waals surface area contributed by atoms with Gasteiger partial charge < -0.3 is 0 Å². The number of nitrogens with zero attached hydrogens (tertiary/aromatic N) is 2. The first-order chi connectivity index (χ1) is 10.3. The summed E-state index contributed by atoms with van der Waals surface area (Å²) >= 11 is 3.64. The SMILES string of the molecule is Cc1nc(Sc2ccccc2)c2c3c(sc2n1)CCCC3. The predicted octanol–water partition coefficient (Wildman–Crippen LogP) is 5.03. The van der Waals surface area contributed by atoms with Gasteiger partial charge in [-0.15, -0.1) is 11.3 Å². The van der Waals surface area contributed by atoms with E-state index in [4.69, 9.17) is 4.98 Å². The lowest BCUT2D eigenvalue weighted by Crippen LogP contribution is -1.99. The summed E-state index contributed by atoms with van der Waals surface area (Å²) in [6.07, 6.45) is 5.00. The second-order valence-corrected chi connectivity index (χ2v) is 7.53. The number of benzene rings is 1. The zero-order valence-electron chi connectivity index (χ0n) is 11.9. The maximum Gasteiger partial charge on any atom is 0.128 e. The largest absolute Gasteiger partial charge is 0.226 e. The molecule has 0 spiro atoms. The maximum absolute atomic E-state index is 4.74. The molecule has 2 nitrogen and oxygen atoms in total. The van der Waals surface area contributed by atoms with E-state index < -0.39 is 0 Å². The molecule has 0 atom stereocenters. The van der Waals surface area contributed by atoms with Gasteiger partial charge in [-0.05, 0) is 50.3 Å². The number of aryl methyl sites for hydroxylation is 3. The molecule has 0 unspecified atom stereocenters. The first kappa shape index (κ1) is 13.3. The van der Waals surface area contributed by atoms with Gasteiger partial charge in [0.25, 0.3) is 0 Å². The van der Waals surface area contributed by atoms with Crippen molar-refractivity contribution in [2.24, 2.45) is 0 Å². The molecule has 0 N–H and O–H groups in total. The molecule has 4 rings (SSSR count). The van der Waals surface area contributed by atoms with E-state index in [9.17, 15) is 0 Å². The smallest absolute Gasteiger partial charge is 0.128 e. The Morgan fingerprint density at radius 2 is 1.86 bits per heavy atom. The van der Waals surface area contributed by atoms with E-state index in [2.05, 4.69) is 35.3 Å². The molecule has 106 valence electrons. The van der Waals surface area contributed by atoms with Gasteiger partial charge in [0.15, 0.2) is 0 Å². The molecule has 0 saturated heterocycles. The van der Waals surface area contributed by atoms with Crippen LogP contribution in [0.15, 0.2) is 40.3 Å². The van der Waals surface area contributed by atoms with Gasteiger partial charge >= 0.3 is 0 Å². The van der Waals surface area contributed by atoms with Crippen LogP contribution >= 0.6 is 23.1 Å². The van der Waals surface area contributed by atoms with Gasteiger partial charge in [-0.3, -0.25) is 0 Å². The molecule has 0 bridgehead atoms. The normalized spacial score (nSPS) is 14.3. The summed E-state index contributed by atoms with van der Waals surface area (Å²) in [5, 5.41) is 2.44. The van der Waals surface area contributed by atoms with E-state index in [1.54, 1.807) is 11.8 Å². The lowest BCUT2D eigenvalue weighted by Gasteiger charge is -2.11. The molecule has 2 aromatic heterocycles. The summed E-state index contributed by atoms with van der Waals surface area (Å²) in [5.74, 6) is 0.875. The fourth-order valence-electron chi connectivity index (χ4n) is 2.90. The molecule has 0 aliphatic heterocycles. The zero-order chi connectivity index (χ0) is 14.2. The highest BCUT2D eigenvalue weighted by Gasteiger charge is 2.20. The van der Waals surface area contributed by atoms with E-state index in [-0.39, 0.29) is 0 Å². The summed E-state index contributed by atoms with van der Waals surface area (Å²) in [7, 11) is 0. The standard InChI is InChI=1S/C17H16N2S2/c1-11-18-16(20-12-7-3-2-4-8-12)15-13-9-5-6-10-14(13)21-17(15)19-11/h2-4,7-8H,5-6,9-10H2,1H3. The van der Waals surface area contributed by atoms with Gasteiger partial charge in [0.05, 0.1) is 0 Å². The van der Waals surface area contributed by atoms with Crippen LogP contribution < -0.4 is 0 Å². The van der Waals surface area contributed by atoms with Crippen molar-refractivity contribution in [1.29, 1.82) is 0 Å². The molecule has 4 heteroatoms. The third-order valence-electron chi connectivity index (χ3n) is 3.85. The van der Waals surface area contributed by atoms with Crippen molar-refractivity contribution >= 4 is 33.3 Å². The van der Waals surface area contributed by atoms with Crippen LogP contribution in [0.5, 0.6) is 0 Å². The van der Waals surface area contributed by atoms with Crippen molar-refractivity contribution < 1.29 is 0 Å². The van der Waals surface area contributed by atoms with E-state index >= 15 is 0 Å². The Morgan fingerprint density at radius 3 is 2.71 bits per heavy atom. The molecule has 1 aromatic carbocycles. The lowest BCUT2D eigenvalue weighted by atomic mass is 9.97. The van der Waals surface area contributed by atoms with Crippen molar-refractivity contribution in [3.8, 4) is 0 Å². The van der Waals surface area contributed by atoms with Crippen LogP contribution in [-0.2, 0) is 12.8 Å². The summed E-state index contributed by atoms with van der Waals surface area (Å²) in [6, 6.07) is 10.5. The van der Waals surface area contributed by atoms with Crippen LogP contribution in [0.1, 0.15) is 29.1 Å². The van der Waals surface area contributed by atoms with Crippen LogP contribution in [0.2, 0.25) is 0 Å². The van der Waals surface area contributed by atoms with Crippen LogP contribution in [0, 0.1) is 6.92 Å². The quantitative estimate of drug-likeness (QED) is 0.621. The molecule has 1 aliphatic rings. The zero-order valence-corrected chi connectivity index (χ0v) is 13.6. The second-order valence-electron chi connectivity index (χ2n) is 5.38. The fourth-order valence-corrected chi connectivity index (χ4v) is 5.29. The Labute approximate surface area is 132 Å². The number of fused-ring (bicyclic) bond motifs is 3. The highest BCUT2D eigenvalue weighted by atomic mass is 32.2. The van der Waals surface area contributed by atoms with E-state index in [1.165, 1.54) is 51.2 Å². The van der Waals surface area contributed by atoms with Gasteiger partial charge in [0.2, 0.25) is 0 Å². The van der Waals surface area contributed by atoms with Crippen LogP contribution in [0.4, 0.5) is 0 Å². The number of hydrogen-bond acceptors (Lipinski definition) is 4. The van der Waals surface area contributed by atoms with Crippen molar-refractivity contribution in [3.05, 3.63) is 46.6 Å². The van der Waals surface area contributed by atoms with Gasteiger partial charge in [0, 0.05) is 15.2 Å². The Hall–Kier alpha value is -1.39. The van der Waals surface area contributed by atoms with Gasteiger partial charge in [-0.1, -0.05) is 30.0 Å². The van der Waals surface area contributed by atoms with E-state index in [1.807, 2.05) is 18.3 Å². The minimum atomic E-state index is 0.875. The highest BCUT2D eigenvalue weighted by Crippen LogP contribution is 2.41. The first-order valence-electron chi connectivity index (χ1n) is 7.33. The van der Waals surface area contributed by atoms with Gasteiger partial charge in [-0.25, -0.2) is 9.97 Å². The van der Waals surface area contributed by atoms with Gasteiger partial charge in [-0.2, -0.15) is 0 Å². The third-order valence-corrected chi connectivity index (χ3v) is 6.03. The van der Waals surface area contributed by atoms with Crippen LogP contribution in [0.3, 0.4) is 0 Å². The Kier molecular flexibility index (Phi) is 3.43. The molecule has 0 saturated carbocycles. The summed E-state index contributed by atoms with van der Waals surface area (Å²) in [6.45, 7) is 1.99. The average molecular weight is 312 g/mol. The number of hydrogen-bond donors (Lipinski definition) is 0. The molecule has 21 heavy (non-hydrogen) atoms. The Bertz CT molecular complexity index is 793. The molecule has 0 amide bonds. The van der Waals surface area contributed by atoms with E-state index in [0.717, 1.165) is 10.9 Å². The Morgan fingerprint density at radius 1 is 1.05 bits per heavy atom. The predicted molar refractivity (Wildman–Crippen MR) is 89.4 cm³/mol. The molecule has 0 radical (unpaired) electrons. The summed E-state index contributed by atoms with van der Waals surface area (Å²) in [5.41, 5.74) is 1.51. The minimum absolute atomic E-state index is 0.875. The van der Waals surface area contributed by atoms with Crippen LogP contribution in [0.25, 0.3) is 10.2 Å². The van der Waals surface area contributed by atoms with Crippen molar-refractivity contribution in [2.45, 2.75) is 42.5 Å². The third kappa shape index (κ3) is 2.47. The Balaban J connectivity index is 1.89. The number of rotatable bonds is 2. The highest BCUT2D eigenvalue weighted by molar-refractivity contribution is 7.99. The summed E-state index contributed by atoms with van der Waals surface area (Å²) in [4.78, 5) is 13.4. The fraction of sp³-hybridized carbons (Fsp3) is 0.294.